The molecular formula is C24H19N5O2S2. The number of fused-ring (bicyclic) bond motifs is 4. The van der Waals surface area contributed by atoms with E-state index in [9.17, 15) is 10.4 Å². The lowest BCUT2D eigenvalue weighted by atomic mass is 10.1. The number of aliphatic hydroxyl groups is 1. The highest BCUT2D eigenvalue weighted by molar-refractivity contribution is 7.99. The molecule has 0 saturated heterocycles. The van der Waals surface area contributed by atoms with Gasteiger partial charge >= 0.3 is 0 Å². The van der Waals surface area contributed by atoms with Gasteiger partial charge in [-0.1, -0.05) is 23.9 Å². The summed E-state index contributed by atoms with van der Waals surface area (Å²) in [6.45, 7) is 3.87. The summed E-state index contributed by atoms with van der Waals surface area (Å²) in [5, 5.41) is 31.2. The maximum Gasteiger partial charge on any atom is 0.196 e. The van der Waals surface area contributed by atoms with Crippen LogP contribution < -0.4 is 4.74 Å². The van der Waals surface area contributed by atoms with Gasteiger partial charge in [0.1, 0.15) is 28.2 Å². The molecule has 0 fully saturated rings. The Labute approximate surface area is 198 Å². The van der Waals surface area contributed by atoms with Gasteiger partial charge in [0.05, 0.1) is 28.1 Å². The van der Waals surface area contributed by atoms with Crippen LogP contribution in [0.4, 0.5) is 0 Å². The van der Waals surface area contributed by atoms with Crippen LogP contribution in [0.15, 0.2) is 59.4 Å². The molecule has 0 amide bonds. The molecule has 7 nitrogen and oxygen atoms in total. The van der Waals surface area contributed by atoms with Crippen molar-refractivity contribution in [1.82, 2.24) is 19.6 Å². The third-order valence-electron chi connectivity index (χ3n) is 5.42. The quantitative estimate of drug-likeness (QED) is 0.196. The monoisotopic (exact) mass is 473 g/mol. The zero-order valence-corrected chi connectivity index (χ0v) is 19.7. The van der Waals surface area contributed by atoms with Gasteiger partial charge in [-0.05, 0) is 49.7 Å². The van der Waals surface area contributed by atoms with Gasteiger partial charge in [0.2, 0.25) is 0 Å². The Balaban J connectivity index is 1.57. The van der Waals surface area contributed by atoms with Gasteiger partial charge in [0.25, 0.3) is 0 Å². The topological polar surface area (TPSA) is 96.3 Å². The number of ether oxygens (including phenoxy) is 1. The highest BCUT2D eigenvalue weighted by Crippen LogP contribution is 2.35. The summed E-state index contributed by atoms with van der Waals surface area (Å²) in [5.74, 6) is 0.699. The molecule has 33 heavy (non-hydrogen) atoms. The molecule has 9 heteroatoms. The van der Waals surface area contributed by atoms with Crippen molar-refractivity contribution < 1.29 is 9.84 Å². The number of hydrogen-bond acceptors (Lipinski definition) is 8. The summed E-state index contributed by atoms with van der Waals surface area (Å²) in [4.78, 5) is 4.53. The third-order valence-corrected chi connectivity index (χ3v) is 7.52. The van der Waals surface area contributed by atoms with Crippen LogP contribution in [0.25, 0.3) is 32.3 Å². The van der Waals surface area contributed by atoms with Crippen molar-refractivity contribution in [2.24, 2.45) is 0 Å². The van der Waals surface area contributed by atoms with E-state index in [-0.39, 0.29) is 11.3 Å². The fraction of sp³-hybridized carbons (Fsp3) is 0.167. The van der Waals surface area contributed by atoms with E-state index in [1.54, 1.807) is 7.11 Å². The number of aromatic nitrogens is 4. The fourth-order valence-electron chi connectivity index (χ4n) is 3.72. The van der Waals surface area contributed by atoms with E-state index in [1.165, 1.54) is 23.1 Å². The molecule has 5 rings (SSSR count). The minimum absolute atomic E-state index is 0.0349. The molecule has 0 spiro atoms. The molecule has 0 aliphatic heterocycles. The summed E-state index contributed by atoms with van der Waals surface area (Å²) in [6, 6.07) is 17.7. The number of hydrogen-bond donors (Lipinski definition) is 1. The molecule has 0 radical (unpaired) electrons. The third kappa shape index (κ3) is 3.67. The van der Waals surface area contributed by atoms with Crippen molar-refractivity contribution in [3.63, 3.8) is 0 Å². The van der Waals surface area contributed by atoms with Crippen LogP contribution in [-0.2, 0) is 0 Å². The van der Waals surface area contributed by atoms with Gasteiger partial charge < -0.3 is 9.84 Å². The molecule has 3 aromatic heterocycles. The van der Waals surface area contributed by atoms with Crippen LogP contribution in [0, 0.1) is 18.3 Å². The number of nitriles is 1. The van der Waals surface area contributed by atoms with Crippen LogP contribution in [0.2, 0.25) is 0 Å². The van der Waals surface area contributed by atoms with Gasteiger partial charge in [0, 0.05) is 11.5 Å². The maximum absolute atomic E-state index is 11.0. The van der Waals surface area contributed by atoms with E-state index in [1.807, 2.05) is 66.8 Å². The van der Waals surface area contributed by atoms with Crippen molar-refractivity contribution in [2.75, 3.05) is 7.11 Å². The zero-order chi connectivity index (χ0) is 23.1. The maximum atomic E-state index is 11.0. The van der Waals surface area contributed by atoms with Crippen molar-refractivity contribution >= 4 is 55.4 Å². The Morgan fingerprint density at radius 3 is 2.79 bits per heavy atom. The van der Waals surface area contributed by atoms with E-state index in [4.69, 9.17) is 4.74 Å². The Kier molecular flexibility index (Phi) is 5.40. The molecule has 1 N–H and O–H groups in total. The van der Waals surface area contributed by atoms with E-state index in [2.05, 4.69) is 21.3 Å². The Hall–Kier alpha value is -3.61. The molecule has 5 aromatic rings. The Morgan fingerprint density at radius 1 is 1.21 bits per heavy atom. The summed E-state index contributed by atoms with van der Waals surface area (Å²) in [6.07, 6.45) is 0. The number of benzene rings is 2. The molecule has 1 unspecified atom stereocenters. The van der Waals surface area contributed by atoms with E-state index in [0.717, 1.165) is 32.4 Å². The van der Waals surface area contributed by atoms with Crippen molar-refractivity contribution in [1.29, 1.82) is 5.26 Å². The molecule has 0 bridgehead atoms. The molecule has 164 valence electrons. The molecular weight excluding hydrogens is 454 g/mol. The lowest BCUT2D eigenvalue weighted by molar-refractivity contribution is 0.402. The SMILES string of the molecule is COc1ccc2c(C)cc3nnc(SC(C)/C(O)=C(\C#N)c4nc5ccccc5s4)n3c2c1. The smallest absolute Gasteiger partial charge is 0.196 e. The molecule has 1 atom stereocenters. The number of thiazole rings is 1. The summed E-state index contributed by atoms with van der Waals surface area (Å²) in [7, 11) is 1.63. The highest BCUT2D eigenvalue weighted by atomic mass is 32.2. The second kappa shape index (κ2) is 8.39. The normalized spacial score (nSPS) is 13.3. The number of pyridine rings is 1. The summed E-state index contributed by atoms with van der Waals surface area (Å²) < 4.78 is 8.33. The predicted octanol–water partition coefficient (Wildman–Crippen LogP) is 5.78. The van der Waals surface area contributed by atoms with Crippen molar-refractivity contribution in [3.05, 3.63) is 64.9 Å². The number of aryl methyl sites for hydroxylation is 1. The van der Waals surface area contributed by atoms with Gasteiger partial charge in [-0.25, -0.2) is 4.98 Å². The first-order valence-electron chi connectivity index (χ1n) is 10.2. The molecule has 0 saturated carbocycles. The summed E-state index contributed by atoms with van der Waals surface area (Å²) in [5.41, 5.74) is 3.68. The number of para-hydroxylation sites is 1. The molecule has 3 heterocycles. The second-order valence-corrected chi connectivity index (χ2v) is 9.84. The molecule has 0 aliphatic rings. The number of allylic oxidation sites excluding steroid dienone is 1. The van der Waals surface area contributed by atoms with Gasteiger partial charge in [0.15, 0.2) is 10.8 Å². The van der Waals surface area contributed by atoms with Gasteiger partial charge in [-0.15, -0.1) is 21.5 Å². The van der Waals surface area contributed by atoms with E-state index >= 15 is 0 Å². The van der Waals surface area contributed by atoms with E-state index in [0.29, 0.717) is 15.8 Å². The number of aliphatic hydroxyl groups excluding tert-OH is 1. The molecule has 0 aliphatic carbocycles. The predicted molar refractivity (Wildman–Crippen MR) is 132 cm³/mol. The van der Waals surface area contributed by atoms with Crippen LogP contribution in [-0.4, -0.2) is 37.0 Å². The first-order valence-corrected chi connectivity index (χ1v) is 11.9. The highest BCUT2D eigenvalue weighted by Gasteiger charge is 2.22. The average Bonchev–Trinajstić information content (AvgIpc) is 3.43. The van der Waals surface area contributed by atoms with Gasteiger partial charge in [-0.3, -0.25) is 4.40 Å². The van der Waals surface area contributed by atoms with Crippen LogP contribution >= 0.6 is 23.1 Å². The van der Waals surface area contributed by atoms with Crippen molar-refractivity contribution in [2.45, 2.75) is 24.3 Å². The van der Waals surface area contributed by atoms with E-state index < -0.39 is 5.25 Å². The Morgan fingerprint density at radius 2 is 2.03 bits per heavy atom. The summed E-state index contributed by atoms with van der Waals surface area (Å²) >= 11 is 2.72. The number of methoxy groups -OCH3 is 1. The first-order chi connectivity index (χ1) is 16.0. The van der Waals surface area contributed by atoms with Crippen LogP contribution in [0.5, 0.6) is 5.75 Å². The lowest BCUT2D eigenvalue weighted by Gasteiger charge is -2.12. The van der Waals surface area contributed by atoms with Crippen LogP contribution in [0.3, 0.4) is 0 Å². The first kappa shape index (κ1) is 21.2. The minimum atomic E-state index is -0.443. The fourth-order valence-corrected chi connectivity index (χ4v) is 5.62. The number of thioether (sulfide) groups is 1. The van der Waals surface area contributed by atoms with Gasteiger partial charge in [-0.2, -0.15) is 5.26 Å². The minimum Gasteiger partial charge on any atom is -0.510 e. The zero-order valence-electron chi connectivity index (χ0n) is 18.1. The Bertz CT molecular complexity index is 1560. The standard InChI is InChI=1S/C24H19N5O2S2/c1-13-10-21-27-28-24(29(21)19-11-15(31-3)8-9-16(13)19)32-14(2)22(30)17(12-25)23-26-18-6-4-5-7-20(18)33-23/h4-11,14,30H,1-3H3/b22-17-. The van der Waals surface area contributed by atoms with Crippen molar-refractivity contribution in [3.8, 4) is 11.8 Å². The lowest BCUT2D eigenvalue weighted by Crippen LogP contribution is -2.05. The number of nitrogens with zero attached hydrogens (tertiary/aromatic N) is 5. The van der Waals surface area contributed by atoms with Crippen LogP contribution in [0.1, 0.15) is 17.5 Å². The largest absolute Gasteiger partial charge is 0.510 e. The second-order valence-electron chi connectivity index (χ2n) is 7.51. The number of rotatable bonds is 5. The average molecular weight is 474 g/mol. The molecule has 2 aromatic carbocycles.